The molecule has 0 bridgehead atoms. The second-order valence-electron chi connectivity index (χ2n) is 3.48. The smallest absolute Gasteiger partial charge is 0.306 e. The molecular weight excluding hydrogens is 168 g/mol. The molecule has 1 aliphatic carbocycles. The Hall–Kier alpha value is -0.830. The largest absolute Gasteiger partial charge is 0.469 e. The van der Waals surface area contributed by atoms with Gasteiger partial charge in [-0.05, 0) is 31.3 Å². The summed E-state index contributed by atoms with van der Waals surface area (Å²) in [4.78, 5) is 11.0. The lowest BCUT2D eigenvalue weighted by Gasteiger charge is -2.11. The predicted molar refractivity (Wildman–Crippen MR) is 49.1 cm³/mol. The van der Waals surface area contributed by atoms with Gasteiger partial charge in [-0.25, -0.2) is 0 Å². The van der Waals surface area contributed by atoms with Crippen LogP contribution in [0.3, 0.4) is 0 Å². The van der Waals surface area contributed by atoms with Gasteiger partial charge < -0.3 is 9.84 Å². The summed E-state index contributed by atoms with van der Waals surface area (Å²) in [7, 11) is 1.40. The molecule has 13 heavy (non-hydrogen) atoms. The van der Waals surface area contributed by atoms with E-state index >= 15 is 0 Å². The second kappa shape index (κ2) is 4.42. The van der Waals surface area contributed by atoms with Crippen LogP contribution in [-0.4, -0.2) is 24.8 Å². The number of carbonyl (C=O) groups is 1. The molecule has 74 valence electrons. The molecule has 0 aromatic carbocycles. The third-order valence-corrected chi connectivity index (χ3v) is 2.72. The first-order chi connectivity index (χ1) is 6.19. The SMILES string of the molecule is COC(=O)CC1CCC(C)=C1CO. The first kappa shape index (κ1) is 10.3. The van der Waals surface area contributed by atoms with Gasteiger partial charge in [-0.3, -0.25) is 4.79 Å². The average molecular weight is 184 g/mol. The Labute approximate surface area is 78.4 Å². The maximum atomic E-state index is 11.0. The van der Waals surface area contributed by atoms with Gasteiger partial charge in [0.05, 0.1) is 20.1 Å². The van der Waals surface area contributed by atoms with E-state index in [4.69, 9.17) is 5.11 Å². The van der Waals surface area contributed by atoms with Gasteiger partial charge >= 0.3 is 5.97 Å². The summed E-state index contributed by atoms with van der Waals surface area (Å²) < 4.78 is 4.60. The number of aliphatic hydroxyl groups is 1. The number of ether oxygens (including phenoxy) is 1. The molecule has 0 saturated carbocycles. The third kappa shape index (κ3) is 2.31. The number of hydrogen-bond donors (Lipinski definition) is 1. The van der Waals surface area contributed by atoms with Crippen molar-refractivity contribution in [1.82, 2.24) is 0 Å². The molecule has 0 spiro atoms. The quantitative estimate of drug-likeness (QED) is 0.530. The van der Waals surface area contributed by atoms with Crippen molar-refractivity contribution < 1.29 is 14.6 Å². The lowest BCUT2D eigenvalue weighted by atomic mass is 9.98. The van der Waals surface area contributed by atoms with Gasteiger partial charge in [-0.2, -0.15) is 0 Å². The Balaban J connectivity index is 2.58. The number of methoxy groups -OCH3 is 1. The van der Waals surface area contributed by atoms with Crippen LogP contribution in [0.2, 0.25) is 0 Å². The summed E-state index contributed by atoms with van der Waals surface area (Å²) in [6.45, 7) is 2.09. The molecule has 1 unspecified atom stereocenters. The molecule has 3 heteroatoms. The van der Waals surface area contributed by atoms with Crippen molar-refractivity contribution >= 4 is 5.97 Å². The third-order valence-electron chi connectivity index (χ3n) is 2.72. The van der Waals surface area contributed by atoms with Crippen LogP contribution in [-0.2, 0) is 9.53 Å². The van der Waals surface area contributed by atoms with Crippen LogP contribution in [0.4, 0.5) is 0 Å². The molecule has 0 aromatic heterocycles. The van der Waals surface area contributed by atoms with Gasteiger partial charge in [-0.1, -0.05) is 5.57 Å². The summed E-state index contributed by atoms with van der Waals surface area (Å²) in [5.74, 6) is 0.0168. The number of allylic oxidation sites excluding steroid dienone is 1. The molecule has 0 heterocycles. The van der Waals surface area contributed by atoms with Crippen molar-refractivity contribution in [3.05, 3.63) is 11.1 Å². The van der Waals surface area contributed by atoms with Crippen LogP contribution in [0.5, 0.6) is 0 Å². The number of carbonyl (C=O) groups excluding carboxylic acids is 1. The predicted octanol–water partition coefficient (Wildman–Crippen LogP) is 1.27. The van der Waals surface area contributed by atoms with Gasteiger partial charge in [-0.15, -0.1) is 0 Å². The standard InChI is InChI=1S/C10H16O3/c1-7-3-4-8(9(7)6-11)5-10(12)13-2/h8,11H,3-6H2,1-2H3. The van der Waals surface area contributed by atoms with E-state index in [1.165, 1.54) is 12.7 Å². The molecule has 0 amide bonds. The topological polar surface area (TPSA) is 46.5 Å². The average Bonchev–Trinajstić information content (AvgIpc) is 2.46. The van der Waals surface area contributed by atoms with E-state index in [1.54, 1.807) is 0 Å². The van der Waals surface area contributed by atoms with Crippen molar-refractivity contribution in [2.45, 2.75) is 26.2 Å². The molecule has 0 radical (unpaired) electrons. The van der Waals surface area contributed by atoms with E-state index in [0.29, 0.717) is 6.42 Å². The van der Waals surface area contributed by atoms with Gasteiger partial charge in [0, 0.05) is 0 Å². The summed E-state index contributed by atoms with van der Waals surface area (Å²) in [5.41, 5.74) is 2.27. The molecule has 1 rings (SSSR count). The highest BCUT2D eigenvalue weighted by Crippen LogP contribution is 2.33. The molecule has 0 aliphatic heterocycles. The fourth-order valence-corrected chi connectivity index (χ4v) is 1.85. The summed E-state index contributed by atoms with van der Waals surface area (Å²) >= 11 is 0. The van der Waals surface area contributed by atoms with Gasteiger partial charge in [0.2, 0.25) is 0 Å². The zero-order chi connectivity index (χ0) is 9.84. The fraction of sp³-hybridized carbons (Fsp3) is 0.700. The van der Waals surface area contributed by atoms with Crippen LogP contribution in [0, 0.1) is 5.92 Å². The second-order valence-corrected chi connectivity index (χ2v) is 3.48. The molecule has 1 aliphatic rings. The van der Waals surface area contributed by atoms with Gasteiger partial charge in [0.25, 0.3) is 0 Å². The van der Waals surface area contributed by atoms with Crippen molar-refractivity contribution in [2.24, 2.45) is 5.92 Å². The van der Waals surface area contributed by atoms with Crippen molar-refractivity contribution in [3.8, 4) is 0 Å². The first-order valence-corrected chi connectivity index (χ1v) is 4.55. The van der Waals surface area contributed by atoms with Crippen molar-refractivity contribution in [2.75, 3.05) is 13.7 Å². The lowest BCUT2D eigenvalue weighted by Crippen LogP contribution is -2.11. The summed E-state index contributed by atoms with van der Waals surface area (Å²) in [6.07, 6.45) is 2.37. The zero-order valence-electron chi connectivity index (χ0n) is 8.17. The Morgan fingerprint density at radius 2 is 2.38 bits per heavy atom. The van der Waals surface area contributed by atoms with E-state index in [2.05, 4.69) is 4.74 Å². The molecule has 0 fully saturated rings. The van der Waals surface area contributed by atoms with Crippen LogP contribution >= 0.6 is 0 Å². The summed E-state index contributed by atoms with van der Waals surface area (Å²) in [5, 5.41) is 9.08. The first-order valence-electron chi connectivity index (χ1n) is 4.55. The number of rotatable bonds is 3. The number of aliphatic hydroxyl groups excluding tert-OH is 1. The highest BCUT2D eigenvalue weighted by molar-refractivity contribution is 5.70. The van der Waals surface area contributed by atoms with Gasteiger partial charge in [0.1, 0.15) is 0 Å². The fourth-order valence-electron chi connectivity index (χ4n) is 1.85. The minimum atomic E-state index is -0.189. The monoisotopic (exact) mass is 184 g/mol. The summed E-state index contributed by atoms with van der Waals surface area (Å²) in [6, 6.07) is 0. The van der Waals surface area contributed by atoms with Crippen molar-refractivity contribution in [1.29, 1.82) is 0 Å². The zero-order valence-corrected chi connectivity index (χ0v) is 8.17. The van der Waals surface area contributed by atoms with E-state index in [1.807, 2.05) is 6.92 Å². The van der Waals surface area contributed by atoms with E-state index in [-0.39, 0.29) is 18.5 Å². The molecule has 0 saturated heterocycles. The van der Waals surface area contributed by atoms with E-state index in [0.717, 1.165) is 18.4 Å². The normalized spacial score (nSPS) is 22.2. The molecule has 1 atom stereocenters. The van der Waals surface area contributed by atoms with E-state index in [9.17, 15) is 4.79 Å². The van der Waals surface area contributed by atoms with Crippen LogP contribution in [0.1, 0.15) is 26.2 Å². The van der Waals surface area contributed by atoms with Crippen LogP contribution < -0.4 is 0 Å². The highest BCUT2D eigenvalue weighted by Gasteiger charge is 2.24. The highest BCUT2D eigenvalue weighted by atomic mass is 16.5. The minimum Gasteiger partial charge on any atom is -0.469 e. The minimum absolute atomic E-state index is 0.0769. The number of esters is 1. The Kier molecular flexibility index (Phi) is 3.48. The van der Waals surface area contributed by atoms with Gasteiger partial charge in [0.15, 0.2) is 0 Å². The number of hydrogen-bond acceptors (Lipinski definition) is 3. The Morgan fingerprint density at radius 3 is 2.92 bits per heavy atom. The lowest BCUT2D eigenvalue weighted by molar-refractivity contribution is -0.141. The van der Waals surface area contributed by atoms with Crippen LogP contribution in [0.25, 0.3) is 0 Å². The molecule has 0 aromatic rings. The Bertz CT molecular complexity index is 230. The Morgan fingerprint density at radius 1 is 1.69 bits per heavy atom. The molecule has 3 nitrogen and oxygen atoms in total. The molecular formula is C10H16O3. The van der Waals surface area contributed by atoms with Crippen molar-refractivity contribution in [3.63, 3.8) is 0 Å². The van der Waals surface area contributed by atoms with E-state index < -0.39 is 0 Å². The van der Waals surface area contributed by atoms with Crippen LogP contribution in [0.15, 0.2) is 11.1 Å². The maximum Gasteiger partial charge on any atom is 0.306 e. The molecule has 1 N–H and O–H groups in total. The maximum absolute atomic E-state index is 11.0.